The number of para-hydroxylation sites is 2. The molecule has 0 unspecified atom stereocenters. The molecule has 0 atom stereocenters. The molecule has 126 valence electrons. The van der Waals surface area contributed by atoms with Crippen molar-refractivity contribution >= 4 is 11.6 Å². The summed E-state index contributed by atoms with van der Waals surface area (Å²) < 4.78 is 20.8. The van der Waals surface area contributed by atoms with Gasteiger partial charge in [-0.05, 0) is 24.3 Å². The number of hydrogen-bond acceptors (Lipinski definition) is 6. The van der Waals surface area contributed by atoms with E-state index in [2.05, 4.69) is 0 Å². The standard InChI is InChI=1S/C18H18O6/c1-21-13-9-5-7-11(17(13)23-3)15(19)16(20)12-8-6-10-14(22-2)18(12)24-4/h5-10H,1-4H3. The van der Waals surface area contributed by atoms with Gasteiger partial charge in [0.2, 0.25) is 11.6 Å². The summed E-state index contributed by atoms with van der Waals surface area (Å²) in [6.07, 6.45) is 0. The van der Waals surface area contributed by atoms with Gasteiger partial charge in [-0.15, -0.1) is 0 Å². The lowest BCUT2D eigenvalue weighted by Gasteiger charge is -2.13. The van der Waals surface area contributed by atoms with Crippen LogP contribution in [0.2, 0.25) is 0 Å². The number of ether oxygens (including phenoxy) is 4. The Balaban J connectivity index is 2.51. The van der Waals surface area contributed by atoms with Crippen molar-refractivity contribution in [2.24, 2.45) is 0 Å². The molecule has 2 aromatic rings. The van der Waals surface area contributed by atoms with Crippen LogP contribution >= 0.6 is 0 Å². The number of rotatable bonds is 7. The number of methoxy groups -OCH3 is 4. The molecule has 0 N–H and O–H groups in total. The maximum atomic E-state index is 12.7. The van der Waals surface area contributed by atoms with E-state index >= 15 is 0 Å². The number of Topliss-reactive ketones (excluding diaryl/α,β-unsaturated/α-hetero) is 2. The summed E-state index contributed by atoms with van der Waals surface area (Å²) in [6.45, 7) is 0. The molecule has 0 saturated heterocycles. The molecule has 6 heteroatoms. The summed E-state index contributed by atoms with van der Waals surface area (Å²) in [4.78, 5) is 25.4. The highest BCUT2D eigenvalue weighted by atomic mass is 16.5. The number of hydrogen-bond donors (Lipinski definition) is 0. The quantitative estimate of drug-likeness (QED) is 0.574. The first-order valence-electron chi connectivity index (χ1n) is 7.10. The highest BCUT2D eigenvalue weighted by Gasteiger charge is 2.27. The molecule has 0 spiro atoms. The smallest absolute Gasteiger partial charge is 0.237 e. The summed E-state index contributed by atoms with van der Waals surface area (Å²) in [5.74, 6) is -0.294. The number of carbonyl (C=O) groups excluding carboxylic acids is 2. The maximum Gasteiger partial charge on any atom is 0.237 e. The van der Waals surface area contributed by atoms with Crippen molar-refractivity contribution in [3.63, 3.8) is 0 Å². The third-order valence-electron chi connectivity index (χ3n) is 3.50. The lowest BCUT2D eigenvalue weighted by atomic mass is 9.99. The Hall–Kier alpha value is -3.02. The molecule has 2 aromatic carbocycles. The van der Waals surface area contributed by atoms with Crippen LogP contribution in [0.3, 0.4) is 0 Å². The van der Waals surface area contributed by atoms with Gasteiger partial charge in [0.15, 0.2) is 23.0 Å². The minimum atomic E-state index is -0.725. The molecule has 0 amide bonds. The first-order chi connectivity index (χ1) is 11.6. The van der Waals surface area contributed by atoms with Crippen LogP contribution < -0.4 is 18.9 Å². The van der Waals surface area contributed by atoms with E-state index in [0.29, 0.717) is 11.5 Å². The molecule has 2 rings (SSSR count). The van der Waals surface area contributed by atoms with Crippen molar-refractivity contribution in [2.75, 3.05) is 28.4 Å². The summed E-state index contributed by atoms with van der Waals surface area (Å²) in [7, 11) is 5.73. The third-order valence-corrected chi connectivity index (χ3v) is 3.50. The summed E-state index contributed by atoms with van der Waals surface area (Å²) in [5, 5.41) is 0. The Morgan fingerprint density at radius 1 is 0.625 bits per heavy atom. The predicted molar refractivity (Wildman–Crippen MR) is 87.8 cm³/mol. The largest absolute Gasteiger partial charge is 0.493 e. The van der Waals surface area contributed by atoms with Gasteiger partial charge in [-0.25, -0.2) is 0 Å². The van der Waals surface area contributed by atoms with E-state index < -0.39 is 11.6 Å². The van der Waals surface area contributed by atoms with Crippen molar-refractivity contribution < 1.29 is 28.5 Å². The van der Waals surface area contributed by atoms with E-state index in [0.717, 1.165) is 0 Å². The molecule has 0 aliphatic carbocycles. The number of benzene rings is 2. The van der Waals surface area contributed by atoms with Gasteiger partial charge in [0.25, 0.3) is 0 Å². The van der Waals surface area contributed by atoms with E-state index in [9.17, 15) is 9.59 Å². The van der Waals surface area contributed by atoms with E-state index in [1.54, 1.807) is 24.3 Å². The molecule has 0 aromatic heterocycles. The van der Waals surface area contributed by atoms with Gasteiger partial charge in [0, 0.05) is 0 Å². The SMILES string of the molecule is COc1cccc(C(=O)C(=O)c2cccc(OC)c2OC)c1OC. The number of carbonyl (C=O) groups is 2. The highest BCUT2D eigenvalue weighted by Crippen LogP contribution is 2.34. The topological polar surface area (TPSA) is 71.1 Å². The van der Waals surface area contributed by atoms with Crippen LogP contribution in [0.5, 0.6) is 23.0 Å². The fourth-order valence-electron chi connectivity index (χ4n) is 2.38. The van der Waals surface area contributed by atoms with Crippen LogP contribution in [0.25, 0.3) is 0 Å². The van der Waals surface area contributed by atoms with Crippen LogP contribution in [-0.2, 0) is 0 Å². The summed E-state index contributed by atoms with van der Waals surface area (Å²) >= 11 is 0. The predicted octanol–water partition coefficient (Wildman–Crippen LogP) is 2.79. The maximum absolute atomic E-state index is 12.7. The average molecular weight is 330 g/mol. The molecular weight excluding hydrogens is 312 g/mol. The van der Waals surface area contributed by atoms with Crippen LogP contribution in [0.15, 0.2) is 36.4 Å². The lowest BCUT2D eigenvalue weighted by Crippen LogP contribution is -2.17. The Labute approximate surface area is 139 Å². The summed E-state index contributed by atoms with van der Waals surface area (Å²) in [5.41, 5.74) is 0.235. The van der Waals surface area contributed by atoms with Gasteiger partial charge in [-0.2, -0.15) is 0 Å². The molecule has 24 heavy (non-hydrogen) atoms. The molecule has 0 radical (unpaired) electrons. The zero-order chi connectivity index (χ0) is 17.7. The molecule has 0 aliphatic heterocycles. The fraction of sp³-hybridized carbons (Fsp3) is 0.222. The van der Waals surface area contributed by atoms with Gasteiger partial charge in [0.1, 0.15) is 0 Å². The van der Waals surface area contributed by atoms with Gasteiger partial charge < -0.3 is 18.9 Å². The first-order valence-corrected chi connectivity index (χ1v) is 7.10. The van der Waals surface area contributed by atoms with Gasteiger partial charge in [-0.3, -0.25) is 9.59 Å². The molecule has 0 bridgehead atoms. The van der Waals surface area contributed by atoms with Crippen molar-refractivity contribution in [2.45, 2.75) is 0 Å². The minimum absolute atomic E-state index is 0.117. The Morgan fingerprint density at radius 3 is 1.29 bits per heavy atom. The third kappa shape index (κ3) is 3.03. The molecular formula is C18H18O6. The first kappa shape index (κ1) is 17.3. The van der Waals surface area contributed by atoms with E-state index in [1.807, 2.05) is 0 Å². The van der Waals surface area contributed by atoms with Crippen molar-refractivity contribution in [1.29, 1.82) is 0 Å². The van der Waals surface area contributed by atoms with Crippen LogP contribution in [0.4, 0.5) is 0 Å². The minimum Gasteiger partial charge on any atom is -0.493 e. The Morgan fingerprint density at radius 2 is 1.00 bits per heavy atom. The van der Waals surface area contributed by atoms with Gasteiger partial charge in [0.05, 0.1) is 39.6 Å². The Bertz CT molecular complexity index is 701. The van der Waals surface area contributed by atoms with Crippen molar-refractivity contribution in [3.8, 4) is 23.0 Å². The second-order valence-corrected chi connectivity index (χ2v) is 4.74. The average Bonchev–Trinajstić information content (AvgIpc) is 2.64. The highest BCUT2D eigenvalue weighted by molar-refractivity contribution is 6.50. The van der Waals surface area contributed by atoms with Crippen LogP contribution in [0.1, 0.15) is 20.7 Å². The molecule has 0 saturated carbocycles. The lowest BCUT2D eigenvalue weighted by molar-refractivity contribution is 0.0812. The molecule has 6 nitrogen and oxygen atoms in total. The van der Waals surface area contributed by atoms with Crippen LogP contribution in [0, 0.1) is 0 Å². The zero-order valence-electron chi connectivity index (χ0n) is 13.9. The summed E-state index contributed by atoms with van der Waals surface area (Å²) in [6, 6.07) is 9.54. The van der Waals surface area contributed by atoms with Gasteiger partial charge in [-0.1, -0.05) is 12.1 Å². The molecule has 0 fully saturated rings. The number of ketones is 2. The normalized spacial score (nSPS) is 10.0. The second-order valence-electron chi connectivity index (χ2n) is 4.74. The van der Waals surface area contributed by atoms with Gasteiger partial charge >= 0.3 is 0 Å². The van der Waals surface area contributed by atoms with E-state index in [4.69, 9.17) is 18.9 Å². The molecule has 0 heterocycles. The Kier molecular flexibility index (Phi) is 5.42. The zero-order valence-corrected chi connectivity index (χ0v) is 13.9. The van der Waals surface area contributed by atoms with Crippen LogP contribution in [-0.4, -0.2) is 40.0 Å². The van der Waals surface area contributed by atoms with Crippen molar-refractivity contribution in [3.05, 3.63) is 47.5 Å². The van der Waals surface area contributed by atoms with Crippen molar-refractivity contribution in [1.82, 2.24) is 0 Å². The fourth-order valence-corrected chi connectivity index (χ4v) is 2.38. The monoisotopic (exact) mass is 330 g/mol. The molecule has 0 aliphatic rings. The van der Waals surface area contributed by atoms with E-state index in [-0.39, 0.29) is 22.6 Å². The van der Waals surface area contributed by atoms with E-state index in [1.165, 1.54) is 40.6 Å². The second kappa shape index (κ2) is 7.50.